The van der Waals surface area contributed by atoms with Gasteiger partial charge in [-0.05, 0) is 48.0 Å². The van der Waals surface area contributed by atoms with Crippen molar-refractivity contribution < 1.29 is 25.1 Å². The highest BCUT2D eigenvalue weighted by molar-refractivity contribution is 9.10. The molecule has 0 aliphatic rings. The van der Waals surface area contributed by atoms with E-state index >= 15 is 0 Å². The van der Waals surface area contributed by atoms with E-state index < -0.39 is 15.5 Å². The molecule has 0 fully saturated rings. The van der Waals surface area contributed by atoms with Crippen LogP contribution in [0.1, 0.15) is 20.8 Å². The van der Waals surface area contributed by atoms with Gasteiger partial charge < -0.3 is 10.2 Å². The molecule has 2 aromatic carbocycles. The molecule has 0 aliphatic carbocycles. The maximum absolute atomic E-state index is 11.6. The van der Waals surface area contributed by atoms with Crippen LogP contribution in [-0.4, -0.2) is 39.3 Å². The maximum atomic E-state index is 11.6. The summed E-state index contributed by atoms with van der Waals surface area (Å²) in [6, 6.07) is 7.38. The van der Waals surface area contributed by atoms with Crippen molar-refractivity contribution in [3.05, 3.63) is 44.6 Å². The van der Waals surface area contributed by atoms with E-state index in [1.807, 2.05) is 19.9 Å². The molecule has 0 radical (unpaired) electrons. The van der Waals surface area contributed by atoms with Gasteiger partial charge in [0.25, 0.3) is 9.85 Å². The molecule has 0 unspecified atom stereocenters. The van der Waals surface area contributed by atoms with Gasteiger partial charge >= 0.3 is 11.4 Å². The second kappa shape index (κ2) is 9.87. The zero-order valence-electron chi connectivity index (χ0n) is 16.5. The van der Waals surface area contributed by atoms with Crippen LogP contribution in [0, 0.1) is 9.81 Å². The van der Waals surface area contributed by atoms with Crippen molar-refractivity contribution in [3.8, 4) is 0 Å². The molecule has 2 rings (SSSR count). The van der Waals surface area contributed by atoms with E-state index in [0.29, 0.717) is 11.4 Å². The lowest BCUT2D eigenvalue weighted by molar-refractivity contribution is -0.735. The summed E-state index contributed by atoms with van der Waals surface area (Å²) in [5, 5.41) is 29.2. The summed E-state index contributed by atoms with van der Waals surface area (Å²) in [6.07, 6.45) is 0. The third-order valence-corrected chi connectivity index (χ3v) is 4.74. The van der Waals surface area contributed by atoms with Crippen molar-refractivity contribution in [2.24, 2.45) is 10.2 Å². The minimum absolute atomic E-state index is 0.0836. The number of anilines is 2. The van der Waals surface area contributed by atoms with Crippen LogP contribution in [-0.2, 0) is 4.79 Å². The first-order valence-electron chi connectivity index (χ1n) is 8.92. The van der Waals surface area contributed by atoms with Crippen LogP contribution in [0.25, 0.3) is 0 Å². The summed E-state index contributed by atoms with van der Waals surface area (Å²) in [4.78, 5) is 35.3. The Morgan fingerprint density at radius 2 is 1.77 bits per heavy atom. The smallest absolute Gasteiger partial charge is 0.352 e. The van der Waals surface area contributed by atoms with Gasteiger partial charge in [-0.15, -0.1) is 10.2 Å². The SMILES string of the molecule is CCN(CC)c1ccc(/N=N/c2c(Br)cc([N+](=O)O)cc2[N+](=O)O)c(NC(C)=O)c1. The molecule has 0 atom stereocenters. The summed E-state index contributed by atoms with van der Waals surface area (Å²) in [6.45, 7) is 6.94. The Balaban J connectivity index is 2.54. The second-order valence-electron chi connectivity index (χ2n) is 6.10. The average Bonchev–Trinajstić information content (AvgIpc) is 2.67. The third kappa shape index (κ3) is 5.35. The largest absolute Gasteiger partial charge is 0.372 e. The number of azo groups is 1. The molecule has 0 aromatic heterocycles. The summed E-state index contributed by atoms with van der Waals surface area (Å²) < 4.78 is 0.129. The fraction of sp³-hybridized carbons (Fsp3) is 0.278. The van der Waals surface area contributed by atoms with Crippen LogP contribution < -0.4 is 10.2 Å². The number of carbonyl (C=O) groups excluding carboxylic acids is 1. The number of benzene rings is 2. The molecule has 12 heteroatoms. The number of nitrogens with zero attached hydrogens (tertiary/aromatic N) is 5. The van der Waals surface area contributed by atoms with Crippen molar-refractivity contribution in [2.75, 3.05) is 23.3 Å². The van der Waals surface area contributed by atoms with Crippen LogP contribution >= 0.6 is 15.9 Å². The first-order chi connectivity index (χ1) is 14.2. The Labute approximate surface area is 180 Å². The van der Waals surface area contributed by atoms with Crippen molar-refractivity contribution >= 4 is 56.0 Å². The Kier molecular flexibility index (Phi) is 7.53. The molecule has 0 spiro atoms. The molecule has 0 saturated carbocycles. The van der Waals surface area contributed by atoms with Gasteiger partial charge in [-0.3, -0.25) is 4.79 Å². The molecule has 0 bridgehead atoms. The maximum Gasteiger partial charge on any atom is 0.352 e. The van der Waals surface area contributed by atoms with Gasteiger partial charge in [-0.2, -0.15) is 0 Å². The van der Waals surface area contributed by atoms with E-state index in [2.05, 4.69) is 36.4 Å². The number of hydrogen-bond acceptors (Lipinski definition) is 6. The minimum Gasteiger partial charge on any atom is -0.372 e. The highest BCUT2D eigenvalue weighted by atomic mass is 79.9. The fourth-order valence-electron chi connectivity index (χ4n) is 2.72. The van der Waals surface area contributed by atoms with Crippen molar-refractivity contribution in [1.29, 1.82) is 0 Å². The number of amides is 1. The highest BCUT2D eigenvalue weighted by Crippen LogP contribution is 2.40. The Bertz CT molecular complexity index is 1020. The number of rotatable bonds is 8. The normalized spacial score (nSPS) is 10.8. The van der Waals surface area contributed by atoms with Crippen LogP contribution in [0.4, 0.5) is 34.1 Å². The Morgan fingerprint density at radius 3 is 2.30 bits per heavy atom. The highest BCUT2D eigenvalue weighted by Gasteiger charge is 2.29. The van der Waals surface area contributed by atoms with Gasteiger partial charge in [0.05, 0.1) is 20.0 Å². The molecule has 2 aromatic rings. The second-order valence-corrected chi connectivity index (χ2v) is 6.95. The van der Waals surface area contributed by atoms with Crippen LogP contribution in [0.2, 0.25) is 0 Å². The molecule has 11 nitrogen and oxygen atoms in total. The zero-order chi connectivity index (χ0) is 22.4. The van der Waals surface area contributed by atoms with Gasteiger partial charge in [-0.1, -0.05) is 0 Å². The predicted octanol–water partition coefficient (Wildman–Crippen LogP) is 5.27. The number of nitrogens with one attached hydrogen (secondary N) is 1. The van der Waals surface area contributed by atoms with E-state index in [0.717, 1.165) is 24.8 Å². The predicted molar refractivity (Wildman–Crippen MR) is 113 cm³/mol. The van der Waals surface area contributed by atoms with Gasteiger partial charge in [0, 0.05) is 31.8 Å². The molecule has 30 heavy (non-hydrogen) atoms. The number of halogens is 1. The van der Waals surface area contributed by atoms with E-state index in [1.165, 1.54) is 13.0 Å². The summed E-state index contributed by atoms with van der Waals surface area (Å²) >= 11 is 3.13. The van der Waals surface area contributed by atoms with Crippen molar-refractivity contribution in [1.82, 2.24) is 0 Å². The summed E-state index contributed by atoms with van der Waals surface area (Å²) in [5.41, 5.74) is 0.806. The minimum atomic E-state index is -0.496. The van der Waals surface area contributed by atoms with E-state index in [1.54, 1.807) is 12.1 Å². The van der Waals surface area contributed by atoms with E-state index in [4.69, 9.17) is 5.21 Å². The topological polar surface area (TPSA) is 138 Å². The van der Waals surface area contributed by atoms with Crippen LogP contribution in [0.15, 0.2) is 45.0 Å². The van der Waals surface area contributed by atoms with Crippen LogP contribution in [0.3, 0.4) is 0 Å². The molecule has 0 aliphatic heterocycles. The van der Waals surface area contributed by atoms with Gasteiger partial charge in [0.2, 0.25) is 5.91 Å². The molecule has 0 heterocycles. The van der Waals surface area contributed by atoms with Crippen LogP contribution in [0.5, 0.6) is 0 Å². The Hall–Kier alpha value is -3.41. The lowest BCUT2D eigenvalue weighted by Gasteiger charge is -2.22. The van der Waals surface area contributed by atoms with E-state index in [9.17, 15) is 19.8 Å². The molecular weight excluding hydrogens is 460 g/mol. The van der Waals surface area contributed by atoms with Gasteiger partial charge in [0.1, 0.15) is 11.8 Å². The molecule has 1 amide bonds. The van der Waals surface area contributed by atoms with Crippen molar-refractivity contribution in [2.45, 2.75) is 20.8 Å². The van der Waals surface area contributed by atoms with E-state index in [-0.39, 0.29) is 21.8 Å². The molecule has 158 valence electrons. The van der Waals surface area contributed by atoms with Gasteiger partial charge in [-0.25, -0.2) is 10.4 Å². The fourth-order valence-corrected chi connectivity index (χ4v) is 3.23. The average molecular weight is 481 g/mol. The summed E-state index contributed by atoms with van der Waals surface area (Å²) in [7, 11) is 0. The lowest BCUT2D eigenvalue weighted by Crippen LogP contribution is -2.21. The first-order valence-corrected chi connectivity index (χ1v) is 9.71. The molecule has 0 saturated heterocycles. The summed E-state index contributed by atoms with van der Waals surface area (Å²) in [5.74, 6) is -0.297. The number of carbonyl (C=O) groups is 1. The number of hydrogen-bond donors (Lipinski definition) is 3. The molecule has 3 N–H and O–H groups in total. The third-order valence-electron chi connectivity index (χ3n) is 4.13. The Morgan fingerprint density at radius 1 is 1.10 bits per heavy atom. The van der Waals surface area contributed by atoms with Crippen molar-refractivity contribution in [3.63, 3.8) is 0 Å². The standard InChI is InChI=1S/C18H20BrN6O5/c1-4-23(5-2)12-6-7-15(16(9-12)20-11(3)26)21-22-18-14(19)8-13(24(27)28)10-17(18)25(29)30/h6-10H,4-5H2,1-3H3,(H2-,20,22,26,27,28,29,30)/q+1/p+1. The monoisotopic (exact) mass is 480 g/mol. The quantitative estimate of drug-likeness (QED) is 0.347. The first kappa shape index (κ1) is 22.9. The molecular formula is C18H21BrN6O5+2. The van der Waals surface area contributed by atoms with Gasteiger partial charge in [0.15, 0.2) is 5.69 Å². The zero-order valence-corrected chi connectivity index (χ0v) is 18.1. The lowest BCUT2D eigenvalue weighted by atomic mass is 10.2.